The van der Waals surface area contributed by atoms with E-state index in [0.29, 0.717) is 33.9 Å². The first-order valence-electron chi connectivity index (χ1n) is 7.63. The molecule has 9 heteroatoms. The molecule has 1 aromatic heterocycles. The van der Waals surface area contributed by atoms with Gasteiger partial charge >= 0.3 is 6.18 Å². The van der Waals surface area contributed by atoms with Crippen molar-refractivity contribution in [2.45, 2.75) is 18.5 Å². The Morgan fingerprint density at radius 3 is 2.58 bits per heavy atom. The molecule has 2 rings (SSSR count). The molecule has 0 saturated heterocycles. The van der Waals surface area contributed by atoms with E-state index in [-0.39, 0.29) is 12.4 Å². The SMILES string of the molecule is O=C(Cn1cc(C(F)(F)F)ccc1=O)NCCSCc1ccccc1F. The Kier molecular flexibility index (Phi) is 6.84. The van der Waals surface area contributed by atoms with Crippen LogP contribution in [0.15, 0.2) is 47.4 Å². The predicted octanol–water partition coefficient (Wildman–Crippen LogP) is 3.06. The molecule has 0 unspecified atom stereocenters. The predicted molar refractivity (Wildman–Crippen MR) is 91.3 cm³/mol. The fraction of sp³-hybridized carbons (Fsp3) is 0.294. The molecule has 26 heavy (non-hydrogen) atoms. The highest BCUT2D eigenvalue weighted by Gasteiger charge is 2.31. The topological polar surface area (TPSA) is 51.1 Å². The molecule has 1 heterocycles. The molecule has 0 radical (unpaired) electrons. The van der Waals surface area contributed by atoms with Gasteiger partial charge in [0.2, 0.25) is 5.91 Å². The number of carbonyl (C=O) groups excluding carboxylic acids is 1. The Morgan fingerprint density at radius 1 is 1.15 bits per heavy atom. The second-order valence-electron chi connectivity index (χ2n) is 5.38. The zero-order valence-corrected chi connectivity index (χ0v) is 14.4. The van der Waals surface area contributed by atoms with E-state index in [1.165, 1.54) is 17.8 Å². The monoisotopic (exact) mass is 388 g/mol. The number of carbonyl (C=O) groups is 1. The van der Waals surface area contributed by atoms with Gasteiger partial charge in [0.25, 0.3) is 5.56 Å². The Bertz CT molecular complexity index is 821. The lowest BCUT2D eigenvalue weighted by Gasteiger charge is -2.11. The first kappa shape index (κ1) is 20.0. The summed E-state index contributed by atoms with van der Waals surface area (Å²) < 4.78 is 52.1. The first-order valence-corrected chi connectivity index (χ1v) is 8.78. The molecule has 0 aliphatic rings. The van der Waals surface area contributed by atoms with Crippen LogP contribution in [-0.2, 0) is 23.3 Å². The third kappa shape index (κ3) is 5.91. The van der Waals surface area contributed by atoms with Crippen molar-refractivity contribution in [1.82, 2.24) is 9.88 Å². The van der Waals surface area contributed by atoms with Gasteiger partial charge in [-0.2, -0.15) is 24.9 Å². The van der Waals surface area contributed by atoms with Crippen molar-refractivity contribution >= 4 is 17.7 Å². The van der Waals surface area contributed by atoms with Crippen molar-refractivity contribution in [2.75, 3.05) is 12.3 Å². The third-order valence-electron chi connectivity index (χ3n) is 3.41. The summed E-state index contributed by atoms with van der Waals surface area (Å²) in [6, 6.07) is 7.81. The molecule has 1 amide bonds. The van der Waals surface area contributed by atoms with Gasteiger partial charge in [-0.1, -0.05) is 18.2 Å². The number of pyridine rings is 1. The Hall–Kier alpha value is -2.29. The number of nitrogens with one attached hydrogen (secondary N) is 1. The number of benzene rings is 1. The summed E-state index contributed by atoms with van der Waals surface area (Å²) in [5.74, 6) is 0.0681. The number of hydrogen-bond acceptors (Lipinski definition) is 3. The Balaban J connectivity index is 1.79. The van der Waals surface area contributed by atoms with Crippen molar-refractivity contribution in [2.24, 2.45) is 0 Å². The first-order chi connectivity index (χ1) is 12.3. The molecule has 1 N–H and O–H groups in total. The molecule has 0 aliphatic heterocycles. The van der Waals surface area contributed by atoms with Gasteiger partial charge in [0.15, 0.2) is 0 Å². The minimum Gasteiger partial charge on any atom is -0.354 e. The zero-order chi connectivity index (χ0) is 19.2. The molecule has 0 fully saturated rings. The number of amides is 1. The summed E-state index contributed by atoms with van der Waals surface area (Å²) >= 11 is 1.41. The van der Waals surface area contributed by atoms with Crippen molar-refractivity contribution in [3.63, 3.8) is 0 Å². The van der Waals surface area contributed by atoms with Gasteiger partial charge in [-0.15, -0.1) is 0 Å². The lowest BCUT2D eigenvalue weighted by atomic mass is 10.2. The number of hydrogen-bond donors (Lipinski definition) is 1. The lowest BCUT2D eigenvalue weighted by Crippen LogP contribution is -2.33. The highest BCUT2D eigenvalue weighted by Crippen LogP contribution is 2.27. The van der Waals surface area contributed by atoms with E-state index < -0.39 is 29.8 Å². The number of aromatic nitrogens is 1. The van der Waals surface area contributed by atoms with Crippen molar-refractivity contribution in [3.8, 4) is 0 Å². The quantitative estimate of drug-likeness (QED) is 0.586. The highest BCUT2D eigenvalue weighted by atomic mass is 32.2. The van der Waals surface area contributed by atoms with Crippen molar-refractivity contribution < 1.29 is 22.4 Å². The fourth-order valence-electron chi connectivity index (χ4n) is 2.09. The maximum Gasteiger partial charge on any atom is 0.417 e. The van der Waals surface area contributed by atoms with E-state index in [4.69, 9.17) is 0 Å². The van der Waals surface area contributed by atoms with Crippen molar-refractivity contribution in [3.05, 3.63) is 69.9 Å². The zero-order valence-electron chi connectivity index (χ0n) is 13.6. The van der Waals surface area contributed by atoms with Crippen LogP contribution in [0.25, 0.3) is 0 Å². The molecule has 0 atom stereocenters. The van der Waals surface area contributed by atoms with Crippen LogP contribution in [0, 0.1) is 5.82 Å². The summed E-state index contributed by atoms with van der Waals surface area (Å²) in [5.41, 5.74) is -1.13. The Morgan fingerprint density at radius 2 is 1.88 bits per heavy atom. The molecule has 2 aromatic rings. The van der Waals surface area contributed by atoms with Gasteiger partial charge in [0, 0.05) is 30.3 Å². The summed E-state index contributed by atoms with van der Waals surface area (Å²) in [7, 11) is 0. The number of nitrogens with zero attached hydrogens (tertiary/aromatic N) is 1. The molecule has 0 bridgehead atoms. The molecular formula is C17H16F4N2O2S. The van der Waals surface area contributed by atoms with Crippen LogP contribution >= 0.6 is 11.8 Å². The van der Waals surface area contributed by atoms with Crippen LogP contribution < -0.4 is 10.9 Å². The van der Waals surface area contributed by atoms with Gasteiger partial charge in [-0.3, -0.25) is 9.59 Å². The number of rotatable bonds is 7. The van der Waals surface area contributed by atoms with Crippen LogP contribution in [0.5, 0.6) is 0 Å². The van der Waals surface area contributed by atoms with Crippen molar-refractivity contribution in [1.29, 1.82) is 0 Å². The average Bonchev–Trinajstić information content (AvgIpc) is 2.57. The van der Waals surface area contributed by atoms with Crippen LogP contribution in [0.2, 0.25) is 0 Å². The molecule has 0 saturated carbocycles. The molecule has 0 aliphatic carbocycles. The lowest BCUT2D eigenvalue weighted by molar-refractivity contribution is -0.138. The summed E-state index contributed by atoms with van der Waals surface area (Å²) in [4.78, 5) is 23.4. The second kappa shape index (κ2) is 8.88. The maximum atomic E-state index is 13.4. The van der Waals surface area contributed by atoms with Crippen LogP contribution in [-0.4, -0.2) is 22.8 Å². The Labute approximate surface area is 151 Å². The molecule has 0 spiro atoms. The van der Waals surface area contributed by atoms with Gasteiger partial charge in [-0.05, 0) is 17.7 Å². The van der Waals surface area contributed by atoms with Crippen LogP contribution in [0.4, 0.5) is 17.6 Å². The molecule has 4 nitrogen and oxygen atoms in total. The average molecular weight is 388 g/mol. The normalized spacial score (nSPS) is 11.4. The minimum absolute atomic E-state index is 0.256. The molecular weight excluding hydrogens is 372 g/mol. The number of halogens is 4. The maximum absolute atomic E-state index is 13.4. The molecule has 140 valence electrons. The van der Waals surface area contributed by atoms with E-state index in [9.17, 15) is 27.2 Å². The van der Waals surface area contributed by atoms with Gasteiger partial charge in [0.1, 0.15) is 12.4 Å². The minimum atomic E-state index is -4.59. The van der Waals surface area contributed by atoms with Gasteiger partial charge in [-0.25, -0.2) is 4.39 Å². The molecule has 1 aromatic carbocycles. The van der Waals surface area contributed by atoms with Crippen LogP contribution in [0.3, 0.4) is 0 Å². The standard InChI is InChI=1S/C17H16F4N2O2S/c18-14-4-2-1-3-12(14)11-26-8-7-22-15(24)10-23-9-13(17(19,20)21)5-6-16(23)25/h1-6,9H,7-8,10-11H2,(H,22,24). The smallest absolute Gasteiger partial charge is 0.354 e. The van der Waals surface area contributed by atoms with E-state index in [1.54, 1.807) is 18.2 Å². The summed E-state index contributed by atoms with van der Waals surface area (Å²) in [6.45, 7) is -0.244. The highest BCUT2D eigenvalue weighted by molar-refractivity contribution is 7.98. The largest absolute Gasteiger partial charge is 0.417 e. The fourth-order valence-corrected chi connectivity index (χ4v) is 2.94. The number of alkyl halides is 3. The van der Waals surface area contributed by atoms with E-state index in [1.807, 2.05) is 0 Å². The van der Waals surface area contributed by atoms with Gasteiger partial charge in [0.05, 0.1) is 5.56 Å². The summed E-state index contributed by atoms with van der Waals surface area (Å²) in [6.07, 6.45) is -3.97. The van der Waals surface area contributed by atoms with E-state index >= 15 is 0 Å². The van der Waals surface area contributed by atoms with E-state index in [0.717, 1.165) is 6.07 Å². The van der Waals surface area contributed by atoms with Crippen LogP contribution in [0.1, 0.15) is 11.1 Å². The van der Waals surface area contributed by atoms with E-state index in [2.05, 4.69) is 5.32 Å². The second-order valence-corrected chi connectivity index (χ2v) is 6.48. The summed E-state index contributed by atoms with van der Waals surface area (Å²) in [5, 5.41) is 2.52. The van der Waals surface area contributed by atoms with Gasteiger partial charge < -0.3 is 9.88 Å². The third-order valence-corrected chi connectivity index (χ3v) is 4.42. The number of thioether (sulfide) groups is 1.